The van der Waals surface area contributed by atoms with Gasteiger partial charge in [-0.05, 0) is 24.1 Å². The summed E-state index contributed by atoms with van der Waals surface area (Å²) in [6, 6.07) is 15.0. The summed E-state index contributed by atoms with van der Waals surface area (Å²) in [6.07, 6.45) is 3.35. The van der Waals surface area contributed by atoms with Crippen molar-refractivity contribution < 1.29 is 13.2 Å². The van der Waals surface area contributed by atoms with E-state index in [4.69, 9.17) is 5.73 Å². The Morgan fingerprint density at radius 1 is 1.11 bits per heavy atom. The minimum absolute atomic E-state index is 0.123. The van der Waals surface area contributed by atoms with Gasteiger partial charge in [0.15, 0.2) is 5.69 Å². The fraction of sp³-hybridized carbons (Fsp3) is 0.263. The van der Waals surface area contributed by atoms with Gasteiger partial charge in [0.2, 0.25) is 15.0 Å². The topological polar surface area (TPSA) is 97.8 Å². The number of sulfone groups is 1. The quantitative estimate of drug-likeness (QED) is 0.662. The normalized spacial score (nSPS) is 11.6. The number of hydrogen-bond acceptors (Lipinski definition) is 5. The molecule has 0 bridgehead atoms. The third-order valence-corrected chi connectivity index (χ3v) is 5.20. The van der Waals surface area contributed by atoms with E-state index >= 15 is 0 Å². The van der Waals surface area contributed by atoms with E-state index in [1.807, 2.05) is 30.3 Å². The molecule has 0 aliphatic heterocycles. The summed E-state index contributed by atoms with van der Waals surface area (Å²) < 4.78 is 25.6. The molecule has 7 nitrogen and oxygen atoms in total. The molecule has 1 amide bonds. The molecule has 0 spiro atoms. The summed E-state index contributed by atoms with van der Waals surface area (Å²) in [6.45, 7) is 1.15. The lowest BCUT2D eigenvalue weighted by atomic mass is 10.1. The molecule has 142 valence electrons. The second-order valence-electron chi connectivity index (χ2n) is 6.29. The SMILES string of the molecule is CS(=O)(=O)c1nc(C(=O)N(CCN)CCc2ccccc2)c2ccccn12. The molecule has 27 heavy (non-hydrogen) atoms. The van der Waals surface area contributed by atoms with Crippen LogP contribution in [0.25, 0.3) is 5.52 Å². The molecule has 8 heteroatoms. The standard InChI is InChI=1S/C19H22N4O3S/c1-27(25,26)19-21-17(16-9-5-6-12-23(16)19)18(24)22(14-11-20)13-10-15-7-3-2-4-8-15/h2-9,12H,10-11,13-14,20H2,1H3. The minimum Gasteiger partial charge on any atom is -0.336 e. The van der Waals surface area contributed by atoms with E-state index in [2.05, 4.69) is 4.98 Å². The molecular weight excluding hydrogens is 364 g/mol. The minimum atomic E-state index is -3.58. The molecule has 3 rings (SSSR count). The molecule has 2 aromatic heterocycles. The molecular formula is C19H22N4O3S. The fourth-order valence-corrected chi connectivity index (χ4v) is 3.73. The van der Waals surface area contributed by atoms with Gasteiger partial charge in [-0.25, -0.2) is 13.4 Å². The number of pyridine rings is 1. The summed E-state index contributed by atoms with van der Waals surface area (Å²) in [5.74, 6) is -0.324. The van der Waals surface area contributed by atoms with Gasteiger partial charge in [-0.3, -0.25) is 9.20 Å². The number of imidazole rings is 1. The Morgan fingerprint density at radius 2 is 1.81 bits per heavy atom. The lowest BCUT2D eigenvalue weighted by Gasteiger charge is -2.21. The van der Waals surface area contributed by atoms with Crippen LogP contribution >= 0.6 is 0 Å². The first-order valence-electron chi connectivity index (χ1n) is 8.62. The molecule has 2 N–H and O–H groups in total. The molecule has 3 aromatic rings. The highest BCUT2D eigenvalue weighted by atomic mass is 32.2. The van der Waals surface area contributed by atoms with Crippen LogP contribution in [0.5, 0.6) is 0 Å². The zero-order valence-electron chi connectivity index (χ0n) is 15.1. The summed E-state index contributed by atoms with van der Waals surface area (Å²) in [4.78, 5) is 18.9. The molecule has 0 atom stereocenters. The molecule has 0 radical (unpaired) electrons. The Labute approximate surface area is 158 Å². The van der Waals surface area contributed by atoms with E-state index in [9.17, 15) is 13.2 Å². The first-order chi connectivity index (χ1) is 12.9. The van der Waals surface area contributed by atoms with E-state index in [0.717, 1.165) is 11.8 Å². The van der Waals surface area contributed by atoms with Crippen molar-refractivity contribution in [3.8, 4) is 0 Å². The Hall–Kier alpha value is -2.71. The maximum absolute atomic E-state index is 13.1. The summed E-state index contributed by atoms with van der Waals surface area (Å²) in [7, 11) is -3.58. The number of fused-ring (bicyclic) bond motifs is 1. The van der Waals surface area contributed by atoms with Gasteiger partial charge in [-0.15, -0.1) is 0 Å². The number of carbonyl (C=O) groups is 1. The molecule has 0 aliphatic rings. The van der Waals surface area contributed by atoms with Crippen LogP contribution < -0.4 is 5.73 Å². The van der Waals surface area contributed by atoms with E-state index in [-0.39, 0.29) is 16.8 Å². The summed E-state index contributed by atoms with van der Waals surface area (Å²) >= 11 is 0. The second kappa shape index (κ2) is 7.89. The lowest BCUT2D eigenvalue weighted by Crippen LogP contribution is -2.37. The molecule has 1 aromatic carbocycles. The van der Waals surface area contributed by atoms with Crippen LogP contribution in [-0.4, -0.2) is 54.5 Å². The molecule has 2 heterocycles. The summed E-state index contributed by atoms with van der Waals surface area (Å²) in [5, 5.41) is -0.141. The van der Waals surface area contributed by atoms with Crippen molar-refractivity contribution in [2.24, 2.45) is 5.73 Å². The Bertz CT molecular complexity index is 1050. The van der Waals surface area contributed by atoms with Crippen LogP contribution in [0.1, 0.15) is 16.1 Å². The molecule has 0 aliphatic carbocycles. The number of nitrogens with two attached hydrogens (primary N) is 1. The molecule has 0 saturated carbocycles. The number of nitrogens with zero attached hydrogens (tertiary/aromatic N) is 3. The number of hydrogen-bond donors (Lipinski definition) is 1. The number of rotatable bonds is 7. The van der Waals surface area contributed by atoms with Crippen molar-refractivity contribution in [1.29, 1.82) is 0 Å². The predicted molar refractivity (Wildman–Crippen MR) is 103 cm³/mol. The van der Waals surface area contributed by atoms with Crippen molar-refractivity contribution in [1.82, 2.24) is 14.3 Å². The van der Waals surface area contributed by atoms with Gasteiger partial charge in [-0.1, -0.05) is 36.4 Å². The average molecular weight is 386 g/mol. The predicted octanol–water partition coefficient (Wildman–Crippen LogP) is 1.38. The van der Waals surface area contributed by atoms with Crippen LogP contribution in [0.3, 0.4) is 0 Å². The second-order valence-corrected chi connectivity index (χ2v) is 8.20. The third-order valence-electron chi connectivity index (χ3n) is 4.25. The Kier molecular flexibility index (Phi) is 5.57. The summed E-state index contributed by atoms with van der Waals surface area (Å²) in [5.41, 5.74) is 7.38. The number of amides is 1. The van der Waals surface area contributed by atoms with E-state index in [1.165, 1.54) is 4.40 Å². The van der Waals surface area contributed by atoms with Gasteiger partial charge in [0.1, 0.15) is 0 Å². The highest BCUT2D eigenvalue weighted by molar-refractivity contribution is 7.90. The highest BCUT2D eigenvalue weighted by Gasteiger charge is 2.25. The fourth-order valence-electron chi connectivity index (χ4n) is 2.96. The molecule has 0 unspecified atom stereocenters. The van der Waals surface area contributed by atoms with Crippen molar-refractivity contribution >= 4 is 21.3 Å². The van der Waals surface area contributed by atoms with Crippen LogP contribution in [0.2, 0.25) is 0 Å². The van der Waals surface area contributed by atoms with Crippen molar-refractivity contribution in [2.45, 2.75) is 11.6 Å². The van der Waals surface area contributed by atoms with Gasteiger partial charge in [-0.2, -0.15) is 0 Å². The molecule has 0 fully saturated rings. The molecule has 0 saturated heterocycles. The van der Waals surface area contributed by atoms with Crippen molar-refractivity contribution in [3.05, 3.63) is 66.0 Å². The van der Waals surface area contributed by atoms with Crippen LogP contribution in [0.4, 0.5) is 0 Å². The number of benzene rings is 1. The van der Waals surface area contributed by atoms with Crippen LogP contribution in [0.15, 0.2) is 59.9 Å². The average Bonchev–Trinajstić information content (AvgIpc) is 3.05. The van der Waals surface area contributed by atoms with Gasteiger partial charge >= 0.3 is 0 Å². The van der Waals surface area contributed by atoms with Crippen molar-refractivity contribution in [2.75, 3.05) is 25.9 Å². The maximum atomic E-state index is 13.1. The Balaban J connectivity index is 1.94. The Morgan fingerprint density at radius 3 is 2.48 bits per heavy atom. The van der Waals surface area contributed by atoms with Crippen LogP contribution in [-0.2, 0) is 16.3 Å². The van der Waals surface area contributed by atoms with E-state index in [1.54, 1.807) is 29.3 Å². The highest BCUT2D eigenvalue weighted by Crippen LogP contribution is 2.19. The number of aromatic nitrogens is 2. The van der Waals surface area contributed by atoms with Gasteiger partial charge in [0.25, 0.3) is 5.91 Å². The maximum Gasteiger partial charge on any atom is 0.274 e. The van der Waals surface area contributed by atoms with Crippen LogP contribution in [0, 0.1) is 0 Å². The van der Waals surface area contributed by atoms with Gasteiger partial charge in [0.05, 0.1) is 5.52 Å². The zero-order valence-corrected chi connectivity index (χ0v) is 15.9. The lowest BCUT2D eigenvalue weighted by molar-refractivity contribution is 0.0758. The largest absolute Gasteiger partial charge is 0.336 e. The monoisotopic (exact) mass is 386 g/mol. The zero-order chi connectivity index (χ0) is 19.4. The number of carbonyl (C=O) groups excluding carboxylic acids is 1. The van der Waals surface area contributed by atoms with Gasteiger partial charge < -0.3 is 10.6 Å². The van der Waals surface area contributed by atoms with Gasteiger partial charge in [0, 0.05) is 32.1 Å². The third kappa shape index (κ3) is 4.17. The van der Waals surface area contributed by atoms with E-state index in [0.29, 0.717) is 31.6 Å². The van der Waals surface area contributed by atoms with Crippen molar-refractivity contribution in [3.63, 3.8) is 0 Å². The van der Waals surface area contributed by atoms with E-state index < -0.39 is 9.84 Å². The smallest absolute Gasteiger partial charge is 0.274 e. The first kappa shape index (κ1) is 19.1. The first-order valence-corrected chi connectivity index (χ1v) is 10.5.